The van der Waals surface area contributed by atoms with E-state index in [1.54, 1.807) is 13.8 Å². The van der Waals surface area contributed by atoms with E-state index in [1.165, 1.54) is 18.3 Å². The molecule has 7 heteroatoms. The summed E-state index contributed by atoms with van der Waals surface area (Å²) in [5, 5.41) is 9.64. The van der Waals surface area contributed by atoms with Gasteiger partial charge in [-0.3, -0.25) is 0 Å². The maximum Gasteiger partial charge on any atom is 0.243 e. The minimum Gasteiger partial charge on any atom is -0.389 e. The Bertz CT molecular complexity index is 488. The van der Waals surface area contributed by atoms with Gasteiger partial charge in [0.25, 0.3) is 0 Å². The van der Waals surface area contributed by atoms with E-state index in [-0.39, 0.29) is 16.6 Å². The van der Waals surface area contributed by atoms with E-state index >= 15 is 0 Å². The number of halogens is 1. The lowest BCUT2D eigenvalue weighted by Crippen LogP contribution is -2.40. The van der Waals surface area contributed by atoms with Crippen molar-refractivity contribution in [2.45, 2.75) is 30.8 Å². The fourth-order valence-electron chi connectivity index (χ4n) is 1.02. The monoisotopic (exact) mass is 278 g/mol. The van der Waals surface area contributed by atoms with Crippen LogP contribution in [0, 0.1) is 0 Å². The molecule has 0 radical (unpaired) electrons. The van der Waals surface area contributed by atoms with Crippen molar-refractivity contribution in [3.8, 4) is 0 Å². The van der Waals surface area contributed by atoms with Gasteiger partial charge in [0.1, 0.15) is 10.0 Å². The van der Waals surface area contributed by atoms with Crippen LogP contribution in [-0.2, 0) is 10.0 Å². The van der Waals surface area contributed by atoms with E-state index in [9.17, 15) is 13.5 Å². The Hall–Kier alpha value is -0.690. The molecule has 2 N–H and O–H groups in total. The molecule has 0 saturated heterocycles. The molecule has 0 aliphatic rings. The Labute approximate surface area is 106 Å². The van der Waals surface area contributed by atoms with Crippen LogP contribution in [0.2, 0.25) is 5.15 Å². The van der Waals surface area contributed by atoms with Crippen LogP contribution in [0.5, 0.6) is 0 Å². The highest BCUT2D eigenvalue weighted by atomic mass is 35.5. The van der Waals surface area contributed by atoms with Crippen molar-refractivity contribution in [1.29, 1.82) is 0 Å². The molecule has 1 unspecified atom stereocenters. The third-order valence-corrected chi connectivity index (χ3v) is 4.27. The van der Waals surface area contributed by atoms with Crippen LogP contribution >= 0.6 is 11.6 Å². The number of nitrogens with zero attached hydrogens (tertiary/aromatic N) is 1. The summed E-state index contributed by atoms with van der Waals surface area (Å²) in [6.45, 7) is 3.25. The highest BCUT2D eigenvalue weighted by Gasteiger charge is 2.24. The van der Waals surface area contributed by atoms with Crippen molar-refractivity contribution < 1.29 is 13.5 Å². The normalized spacial score (nSPS) is 15.5. The molecule has 0 aliphatic carbocycles. The smallest absolute Gasteiger partial charge is 0.243 e. The Morgan fingerprint density at radius 3 is 2.76 bits per heavy atom. The zero-order chi connectivity index (χ0) is 13.1. The third-order valence-electron chi connectivity index (χ3n) is 2.42. The molecule has 5 nitrogen and oxygen atoms in total. The average Bonchev–Trinajstić information content (AvgIpc) is 2.27. The maximum absolute atomic E-state index is 11.9. The number of aliphatic hydroxyl groups is 1. The minimum atomic E-state index is -3.74. The van der Waals surface area contributed by atoms with Crippen LogP contribution in [0.15, 0.2) is 23.2 Å². The Kier molecular flexibility index (Phi) is 4.48. The fourth-order valence-corrected chi connectivity index (χ4v) is 2.64. The molecule has 1 aromatic rings. The van der Waals surface area contributed by atoms with E-state index < -0.39 is 15.6 Å². The average molecular weight is 279 g/mol. The second-order valence-corrected chi connectivity index (χ2v) is 6.06. The highest BCUT2D eigenvalue weighted by molar-refractivity contribution is 7.89. The first-order chi connectivity index (χ1) is 7.78. The minimum absolute atomic E-state index is 0.0724. The molecule has 96 valence electrons. The molecule has 1 aromatic heterocycles. The molecule has 0 saturated carbocycles. The van der Waals surface area contributed by atoms with Crippen molar-refractivity contribution in [1.82, 2.24) is 9.71 Å². The Morgan fingerprint density at radius 2 is 2.24 bits per heavy atom. The van der Waals surface area contributed by atoms with Gasteiger partial charge in [-0.05, 0) is 25.5 Å². The first-order valence-corrected chi connectivity index (χ1v) is 6.97. The molecular weight excluding hydrogens is 264 g/mol. The summed E-state index contributed by atoms with van der Waals surface area (Å²) in [7, 11) is -3.74. The predicted molar refractivity (Wildman–Crippen MR) is 65.4 cm³/mol. The van der Waals surface area contributed by atoms with E-state index in [0.717, 1.165) is 0 Å². The van der Waals surface area contributed by atoms with Gasteiger partial charge in [0, 0.05) is 12.7 Å². The zero-order valence-corrected chi connectivity index (χ0v) is 11.2. The van der Waals surface area contributed by atoms with Gasteiger partial charge in [-0.25, -0.2) is 18.1 Å². The van der Waals surface area contributed by atoms with Crippen LogP contribution in [0.3, 0.4) is 0 Å². The van der Waals surface area contributed by atoms with Gasteiger partial charge in [-0.15, -0.1) is 0 Å². The van der Waals surface area contributed by atoms with Gasteiger partial charge in [0.15, 0.2) is 0 Å². The number of sulfonamides is 1. The van der Waals surface area contributed by atoms with Gasteiger partial charge in [-0.1, -0.05) is 18.5 Å². The van der Waals surface area contributed by atoms with Crippen LogP contribution in [-0.4, -0.2) is 30.7 Å². The molecule has 17 heavy (non-hydrogen) atoms. The zero-order valence-electron chi connectivity index (χ0n) is 9.64. The van der Waals surface area contributed by atoms with E-state index in [1.807, 2.05) is 0 Å². The van der Waals surface area contributed by atoms with Crippen molar-refractivity contribution >= 4 is 21.6 Å². The molecule has 0 aliphatic heterocycles. The van der Waals surface area contributed by atoms with Crippen LogP contribution in [0.25, 0.3) is 0 Å². The molecule has 0 amide bonds. The lowest BCUT2D eigenvalue weighted by Gasteiger charge is -2.21. The number of hydrogen-bond acceptors (Lipinski definition) is 4. The SMILES string of the molecule is CCC(C)(O)CNS(=O)(=O)c1cccnc1Cl. The number of pyridine rings is 1. The van der Waals surface area contributed by atoms with Crippen LogP contribution in [0.1, 0.15) is 20.3 Å². The number of hydrogen-bond donors (Lipinski definition) is 2. The molecule has 1 atom stereocenters. The fraction of sp³-hybridized carbons (Fsp3) is 0.500. The van der Waals surface area contributed by atoms with Gasteiger partial charge in [0.2, 0.25) is 10.0 Å². The Balaban J connectivity index is 2.88. The first-order valence-electron chi connectivity index (χ1n) is 5.11. The lowest BCUT2D eigenvalue weighted by molar-refractivity contribution is 0.0613. The van der Waals surface area contributed by atoms with Gasteiger partial charge in [0.05, 0.1) is 5.60 Å². The van der Waals surface area contributed by atoms with Crippen LogP contribution in [0.4, 0.5) is 0 Å². The predicted octanol–water partition coefficient (Wildman–Crippen LogP) is 1.17. The summed E-state index contributed by atoms with van der Waals surface area (Å²) in [4.78, 5) is 3.60. The maximum atomic E-state index is 11.9. The van der Waals surface area contributed by atoms with Gasteiger partial charge in [-0.2, -0.15) is 0 Å². The second-order valence-electron chi connectivity index (χ2n) is 3.97. The van der Waals surface area contributed by atoms with Crippen LogP contribution < -0.4 is 4.72 Å². The first kappa shape index (κ1) is 14.4. The number of aromatic nitrogens is 1. The van der Waals surface area contributed by atoms with Crippen molar-refractivity contribution in [2.75, 3.05) is 6.54 Å². The summed E-state index contributed by atoms with van der Waals surface area (Å²) in [6, 6.07) is 2.84. The van der Waals surface area contributed by atoms with E-state index in [0.29, 0.717) is 6.42 Å². The molecule has 1 rings (SSSR count). The van der Waals surface area contributed by atoms with Crippen molar-refractivity contribution in [3.63, 3.8) is 0 Å². The topological polar surface area (TPSA) is 79.3 Å². The molecule has 0 bridgehead atoms. The van der Waals surface area contributed by atoms with Gasteiger partial charge >= 0.3 is 0 Å². The highest BCUT2D eigenvalue weighted by Crippen LogP contribution is 2.18. The summed E-state index contributed by atoms with van der Waals surface area (Å²) >= 11 is 5.70. The largest absolute Gasteiger partial charge is 0.389 e. The second kappa shape index (κ2) is 5.30. The summed E-state index contributed by atoms with van der Waals surface area (Å²) < 4.78 is 26.0. The number of rotatable bonds is 5. The lowest BCUT2D eigenvalue weighted by atomic mass is 10.1. The molecule has 1 heterocycles. The third kappa shape index (κ3) is 3.92. The van der Waals surface area contributed by atoms with E-state index in [4.69, 9.17) is 11.6 Å². The van der Waals surface area contributed by atoms with Crippen molar-refractivity contribution in [3.05, 3.63) is 23.5 Å². The Morgan fingerprint density at radius 1 is 1.59 bits per heavy atom. The summed E-state index contributed by atoms with van der Waals surface area (Å²) in [5.74, 6) is 0. The molecule has 0 spiro atoms. The molecule has 0 aromatic carbocycles. The molecule has 0 fully saturated rings. The summed E-state index contributed by atoms with van der Waals surface area (Å²) in [5.41, 5.74) is -1.08. The van der Waals surface area contributed by atoms with Gasteiger partial charge < -0.3 is 5.11 Å². The van der Waals surface area contributed by atoms with E-state index in [2.05, 4.69) is 9.71 Å². The standard InChI is InChI=1S/C10H15ClN2O3S/c1-3-10(2,14)7-13-17(15,16)8-5-4-6-12-9(8)11/h4-6,13-14H,3,7H2,1-2H3. The quantitative estimate of drug-likeness (QED) is 0.793. The number of nitrogens with one attached hydrogen (secondary N) is 1. The van der Waals surface area contributed by atoms with Crippen molar-refractivity contribution in [2.24, 2.45) is 0 Å². The molecular formula is C10H15ClN2O3S. The summed E-state index contributed by atoms with van der Waals surface area (Å²) in [6.07, 6.45) is 1.85.